The van der Waals surface area contributed by atoms with Crippen LogP contribution in [0, 0.1) is 11.6 Å². The molecule has 0 radical (unpaired) electrons. The minimum Gasteiger partial charge on any atom is -0.466 e. The first kappa shape index (κ1) is 29.3. The highest BCUT2D eigenvalue weighted by Crippen LogP contribution is 2.26. The lowest BCUT2D eigenvalue weighted by atomic mass is 10.0. The fraction of sp³-hybridized carbons (Fsp3) is 0.458. The van der Waals surface area contributed by atoms with Crippen molar-refractivity contribution in [3.8, 4) is 0 Å². The van der Waals surface area contributed by atoms with Gasteiger partial charge in [-0.15, -0.1) is 24.8 Å². The molecule has 0 spiro atoms. The number of benzene rings is 2. The molecule has 2 aromatic rings. The van der Waals surface area contributed by atoms with E-state index >= 15 is 0 Å². The maximum absolute atomic E-state index is 13.3. The van der Waals surface area contributed by atoms with E-state index in [1.54, 1.807) is 24.3 Å². The zero-order valence-electron chi connectivity index (χ0n) is 18.8. The van der Waals surface area contributed by atoms with Crippen molar-refractivity contribution in [2.45, 2.75) is 19.4 Å². The molecule has 0 aliphatic carbocycles. The summed E-state index contributed by atoms with van der Waals surface area (Å²) in [4.78, 5) is 16.1. The lowest BCUT2D eigenvalue weighted by Crippen LogP contribution is -2.47. The number of carbonyl (C=O) groups is 1. The molecule has 1 heterocycles. The summed E-state index contributed by atoms with van der Waals surface area (Å²) in [5, 5.41) is 0. The van der Waals surface area contributed by atoms with Gasteiger partial charge in [-0.05, 0) is 42.3 Å². The Labute approximate surface area is 206 Å². The van der Waals surface area contributed by atoms with Crippen molar-refractivity contribution in [3.05, 3.63) is 71.3 Å². The number of piperazine rings is 1. The molecular formula is C24H32Cl2F2N2O3. The number of carbonyl (C=O) groups excluding carboxylic acids is 1. The summed E-state index contributed by atoms with van der Waals surface area (Å²) in [6.45, 7) is 7.84. The van der Waals surface area contributed by atoms with Gasteiger partial charge in [0.2, 0.25) is 0 Å². The van der Waals surface area contributed by atoms with E-state index in [1.807, 2.05) is 6.92 Å². The van der Waals surface area contributed by atoms with Gasteiger partial charge in [0.1, 0.15) is 17.7 Å². The largest absolute Gasteiger partial charge is 0.466 e. The lowest BCUT2D eigenvalue weighted by molar-refractivity contribution is -0.143. The third-order valence-corrected chi connectivity index (χ3v) is 5.44. The average Bonchev–Trinajstić information content (AvgIpc) is 2.78. The minimum atomic E-state index is -0.382. The number of hydrogen-bond donors (Lipinski definition) is 0. The predicted molar refractivity (Wildman–Crippen MR) is 129 cm³/mol. The molecule has 0 aromatic heterocycles. The maximum atomic E-state index is 13.3. The Morgan fingerprint density at radius 1 is 0.848 bits per heavy atom. The van der Waals surface area contributed by atoms with Crippen LogP contribution in [0.2, 0.25) is 0 Å². The molecule has 0 N–H and O–H groups in total. The second kappa shape index (κ2) is 15.2. The number of halogens is 4. The Bertz CT molecular complexity index is 772. The number of hydrogen-bond acceptors (Lipinski definition) is 5. The highest BCUT2D eigenvalue weighted by Gasteiger charge is 2.19. The van der Waals surface area contributed by atoms with E-state index in [0.29, 0.717) is 19.6 Å². The van der Waals surface area contributed by atoms with Crippen molar-refractivity contribution >= 4 is 30.8 Å². The second-order valence-electron chi connectivity index (χ2n) is 7.59. The molecule has 9 heteroatoms. The maximum Gasteiger partial charge on any atom is 0.307 e. The van der Waals surface area contributed by atoms with E-state index in [9.17, 15) is 13.6 Å². The molecule has 2 aromatic carbocycles. The molecular weight excluding hydrogens is 473 g/mol. The molecule has 1 saturated heterocycles. The standard InChI is InChI=1S/C24H30F2N2O3.2ClH/c1-2-30-23(29)11-12-27-13-15-28(16-14-27)17-18-31-24(19-3-7-21(25)8-4-19)20-5-9-22(26)10-6-20;;/h3-10,24H,2,11-18H2,1H3;2*1H. The first-order valence-corrected chi connectivity index (χ1v) is 10.8. The zero-order valence-corrected chi connectivity index (χ0v) is 20.4. The average molecular weight is 505 g/mol. The number of nitrogens with zero attached hydrogens (tertiary/aromatic N) is 2. The van der Waals surface area contributed by atoms with Crippen LogP contribution in [0.4, 0.5) is 8.78 Å². The van der Waals surface area contributed by atoms with Crippen LogP contribution < -0.4 is 0 Å². The Morgan fingerprint density at radius 3 is 1.76 bits per heavy atom. The number of rotatable bonds is 10. The van der Waals surface area contributed by atoms with Crippen LogP contribution >= 0.6 is 24.8 Å². The van der Waals surface area contributed by atoms with Crippen molar-refractivity contribution in [1.82, 2.24) is 9.80 Å². The van der Waals surface area contributed by atoms with E-state index in [0.717, 1.165) is 50.4 Å². The minimum absolute atomic E-state index is 0. The smallest absolute Gasteiger partial charge is 0.307 e. The molecule has 1 aliphatic rings. The number of esters is 1. The molecule has 5 nitrogen and oxygen atoms in total. The first-order valence-electron chi connectivity index (χ1n) is 10.8. The van der Waals surface area contributed by atoms with Gasteiger partial charge >= 0.3 is 5.97 Å². The normalized spacial score (nSPS) is 14.4. The van der Waals surface area contributed by atoms with Gasteiger partial charge in [-0.3, -0.25) is 9.69 Å². The lowest BCUT2D eigenvalue weighted by Gasteiger charge is -2.34. The highest BCUT2D eigenvalue weighted by atomic mass is 35.5. The Kier molecular flexibility index (Phi) is 13.5. The zero-order chi connectivity index (χ0) is 22.1. The summed E-state index contributed by atoms with van der Waals surface area (Å²) in [6.07, 6.45) is 0.0422. The third-order valence-electron chi connectivity index (χ3n) is 5.44. The van der Waals surface area contributed by atoms with E-state index < -0.39 is 0 Å². The summed E-state index contributed by atoms with van der Waals surface area (Å²) in [7, 11) is 0. The molecule has 0 bridgehead atoms. The van der Waals surface area contributed by atoms with Crippen molar-refractivity contribution in [2.24, 2.45) is 0 Å². The van der Waals surface area contributed by atoms with Crippen LogP contribution in [-0.4, -0.2) is 68.3 Å². The van der Waals surface area contributed by atoms with Crippen molar-refractivity contribution in [1.29, 1.82) is 0 Å². The van der Waals surface area contributed by atoms with Crippen LogP contribution in [0.5, 0.6) is 0 Å². The Balaban J connectivity index is 0.00000272. The van der Waals surface area contributed by atoms with Gasteiger partial charge in [-0.2, -0.15) is 0 Å². The quantitative estimate of drug-likeness (QED) is 0.446. The summed E-state index contributed by atoms with van der Waals surface area (Å²) in [6, 6.07) is 12.4. The Hall–Kier alpha value is -1.77. The number of ether oxygens (including phenoxy) is 2. The molecule has 0 unspecified atom stereocenters. The molecule has 0 amide bonds. The molecule has 0 atom stereocenters. The molecule has 33 heavy (non-hydrogen) atoms. The van der Waals surface area contributed by atoms with Gasteiger partial charge in [0.15, 0.2) is 0 Å². The fourth-order valence-electron chi connectivity index (χ4n) is 3.68. The fourth-order valence-corrected chi connectivity index (χ4v) is 3.68. The van der Waals surface area contributed by atoms with E-state index in [4.69, 9.17) is 9.47 Å². The topological polar surface area (TPSA) is 42.0 Å². The van der Waals surface area contributed by atoms with Gasteiger partial charge in [-0.1, -0.05) is 24.3 Å². The van der Waals surface area contributed by atoms with Crippen molar-refractivity contribution in [2.75, 3.05) is 52.5 Å². The molecule has 1 fully saturated rings. The Morgan fingerprint density at radius 2 is 1.30 bits per heavy atom. The van der Waals surface area contributed by atoms with Crippen LogP contribution in [0.3, 0.4) is 0 Å². The van der Waals surface area contributed by atoms with E-state index in [-0.39, 0.29) is 48.5 Å². The third kappa shape index (κ3) is 9.55. The molecule has 0 saturated carbocycles. The van der Waals surface area contributed by atoms with Gasteiger partial charge in [0.05, 0.1) is 19.6 Å². The highest BCUT2D eigenvalue weighted by molar-refractivity contribution is 5.85. The van der Waals surface area contributed by atoms with Crippen LogP contribution in [-0.2, 0) is 14.3 Å². The summed E-state index contributed by atoms with van der Waals surface area (Å²) in [5.74, 6) is -0.754. The summed E-state index contributed by atoms with van der Waals surface area (Å²) >= 11 is 0. The van der Waals surface area contributed by atoms with Gasteiger partial charge in [0.25, 0.3) is 0 Å². The van der Waals surface area contributed by atoms with Crippen molar-refractivity contribution < 1.29 is 23.0 Å². The summed E-state index contributed by atoms with van der Waals surface area (Å²) < 4.78 is 37.8. The van der Waals surface area contributed by atoms with Gasteiger partial charge < -0.3 is 14.4 Å². The van der Waals surface area contributed by atoms with Crippen LogP contribution in [0.1, 0.15) is 30.6 Å². The first-order chi connectivity index (χ1) is 15.0. The second-order valence-corrected chi connectivity index (χ2v) is 7.59. The van der Waals surface area contributed by atoms with Crippen LogP contribution in [0.25, 0.3) is 0 Å². The van der Waals surface area contributed by atoms with Gasteiger partial charge in [-0.25, -0.2) is 8.78 Å². The summed E-state index contributed by atoms with van der Waals surface area (Å²) in [5.41, 5.74) is 1.66. The van der Waals surface area contributed by atoms with Crippen molar-refractivity contribution in [3.63, 3.8) is 0 Å². The molecule has 184 valence electrons. The van der Waals surface area contributed by atoms with Gasteiger partial charge in [0, 0.05) is 39.3 Å². The van der Waals surface area contributed by atoms with E-state index in [1.165, 1.54) is 24.3 Å². The van der Waals surface area contributed by atoms with E-state index in [2.05, 4.69) is 9.80 Å². The monoisotopic (exact) mass is 504 g/mol. The van der Waals surface area contributed by atoms with Crippen LogP contribution in [0.15, 0.2) is 48.5 Å². The molecule has 1 aliphatic heterocycles. The molecule has 3 rings (SSSR count). The SMILES string of the molecule is CCOC(=O)CCN1CCN(CCOC(c2ccc(F)cc2)c2ccc(F)cc2)CC1.Cl.Cl. The predicted octanol–water partition coefficient (Wildman–Crippen LogP) is 4.49.